The summed E-state index contributed by atoms with van der Waals surface area (Å²) in [6.45, 7) is 0. The van der Waals surface area contributed by atoms with Crippen LogP contribution >= 0.6 is 0 Å². The lowest BCUT2D eigenvalue weighted by molar-refractivity contribution is -0.120. The van der Waals surface area contributed by atoms with Gasteiger partial charge >= 0.3 is 0 Å². The Morgan fingerprint density at radius 3 is 2.76 bits per heavy atom. The lowest BCUT2D eigenvalue weighted by Crippen LogP contribution is -2.05. The molecule has 1 heterocycles. The zero-order chi connectivity index (χ0) is 12.3. The number of aryl methyl sites for hydroxylation is 1. The number of hydrogen-bond acceptors (Lipinski definition) is 4. The molecule has 1 aliphatic carbocycles. The first-order chi connectivity index (χ1) is 8.26. The Kier molecular flexibility index (Phi) is 3.61. The van der Waals surface area contributed by atoms with E-state index in [1.807, 2.05) is 0 Å². The Balaban J connectivity index is 2.05. The molecule has 1 aromatic rings. The average molecular weight is 235 g/mol. The monoisotopic (exact) mass is 235 g/mol. The molecule has 92 valence electrons. The van der Waals surface area contributed by atoms with Crippen LogP contribution in [0.25, 0.3) is 0 Å². The Morgan fingerprint density at radius 1 is 1.41 bits per heavy atom. The van der Waals surface area contributed by atoms with Crippen LogP contribution in [0.1, 0.15) is 25.0 Å². The van der Waals surface area contributed by atoms with Crippen molar-refractivity contribution in [2.24, 2.45) is 5.92 Å². The molecule has 4 heteroatoms. The van der Waals surface area contributed by atoms with Crippen LogP contribution in [-0.2, 0) is 11.2 Å². The molecule has 2 rings (SSSR count). The molecule has 0 amide bonds. The van der Waals surface area contributed by atoms with Gasteiger partial charge in [0.05, 0.1) is 19.9 Å². The van der Waals surface area contributed by atoms with Gasteiger partial charge in [-0.1, -0.05) is 0 Å². The van der Waals surface area contributed by atoms with E-state index >= 15 is 0 Å². The van der Waals surface area contributed by atoms with Crippen LogP contribution in [0.15, 0.2) is 12.3 Å². The average Bonchev–Trinajstić information content (AvgIpc) is 3.19. The summed E-state index contributed by atoms with van der Waals surface area (Å²) in [6.07, 6.45) is 4.96. The second-order valence-corrected chi connectivity index (χ2v) is 4.23. The molecular weight excluding hydrogens is 218 g/mol. The molecular formula is C13H17NO3. The van der Waals surface area contributed by atoms with E-state index in [4.69, 9.17) is 9.47 Å². The number of nitrogens with zero attached hydrogens (tertiary/aromatic N) is 1. The minimum Gasteiger partial charge on any atom is -0.493 e. The first-order valence-electron chi connectivity index (χ1n) is 5.84. The highest BCUT2D eigenvalue weighted by Gasteiger charge is 2.29. The molecule has 1 saturated carbocycles. The number of methoxy groups -OCH3 is 2. The van der Waals surface area contributed by atoms with Gasteiger partial charge in [0.15, 0.2) is 11.5 Å². The van der Waals surface area contributed by atoms with Crippen molar-refractivity contribution in [2.75, 3.05) is 14.2 Å². The topological polar surface area (TPSA) is 48.4 Å². The summed E-state index contributed by atoms with van der Waals surface area (Å²) in [6, 6.07) is 1.76. The van der Waals surface area contributed by atoms with Crippen molar-refractivity contribution in [3.8, 4) is 11.5 Å². The molecule has 17 heavy (non-hydrogen) atoms. The highest BCUT2D eigenvalue weighted by Crippen LogP contribution is 2.33. The maximum absolute atomic E-state index is 11.6. The Labute approximate surface area is 101 Å². The number of carbonyl (C=O) groups is 1. The molecule has 1 aliphatic rings. The van der Waals surface area contributed by atoms with Crippen molar-refractivity contribution in [3.05, 3.63) is 18.0 Å². The van der Waals surface area contributed by atoms with Crippen molar-refractivity contribution in [1.29, 1.82) is 0 Å². The maximum atomic E-state index is 11.6. The van der Waals surface area contributed by atoms with E-state index in [9.17, 15) is 4.79 Å². The largest absolute Gasteiger partial charge is 0.493 e. The molecule has 0 aliphatic heterocycles. The molecule has 4 nitrogen and oxygen atoms in total. The fraction of sp³-hybridized carbons (Fsp3) is 0.538. The lowest BCUT2D eigenvalue weighted by Gasteiger charge is -2.11. The van der Waals surface area contributed by atoms with E-state index in [1.165, 1.54) is 0 Å². The number of aromatic nitrogens is 1. The van der Waals surface area contributed by atoms with Crippen LogP contribution in [0.4, 0.5) is 0 Å². The minimum absolute atomic E-state index is 0.312. The van der Waals surface area contributed by atoms with Crippen LogP contribution in [0.5, 0.6) is 11.5 Å². The van der Waals surface area contributed by atoms with Crippen molar-refractivity contribution in [1.82, 2.24) is 4.98 Å². The molecule has 0 radical (unpaired) electrons. The van der Waals surface area contributed by atoms with E-state index in [1.54, 1.807) is 26.5 Å². The van der Waals surface area contributed by atoms with Crippen LogP contribution in [0.3, 0.4) is 0 Å². The number of rotatable bonds is 6. The van der Waals surface area contributed by atoms with Gasteiger partial charge in [-0.25, -0.2) is 0 Å². The number of ketones is 1. The van der Waals surface area contributed by atoms with Gasteiger partial charge in [-0.05, 0) is 12.8 Å². The number of ether oxygens (including phenoxy) is 2. The molecule has 0 aromatic carbocycles. The van der Waals surface area contributed by atoms with Gasteiger partial charge < -0.3 is 9.47 Å². The highest BCUT2D eigenvalue weighted by molar-refractivity contribution is 5.83. The van der Waals surface area contributed by atoms with Gasteiger partial charge in [0.1, 0.15) is 5.78 Å². The number of hydrogen-bond donors (Lipinski definition) is 0. The van der Waals surface area contributed by atoms with Crippen LogP contribution in [0.2, 0.25) is 0 Å². The van der Waals surface area contributed by atoms with Crippen molar-refractivity contribution < 1.29 is 14.3 Å². The normalized spacial score (nSPS) is 14.5. The zero-order valence-electron chi connectivity index (χ0n) is 10.2. The molecule has 1 aromatic heterocycles. The first-order valence-corrected chi connectivity index (χ1v) is 5.84. The molecule has 0 spiro atoms. The van der Waals surface area contributed by atoms with Crippen LogP contribution in [-0.4, -0.2) is 25.0 Å². The Bertz CT molecular complexity index is 413. The third-order valence-corrected chi connectivity index (χ3v) is 3.01. The summed E-state index contributed by atoms with van der Waals surface area (Å²) in [5, 5.41) is 0. The zero-order valence-corrected chi connectivity index (χ0v) is 10.2. The third-order valence-electron chi connectivity index (χ3n) is 3.01. The quantitative estimate of drug-likeness (QED) is 0.756. The minimum atomic E-state index is 0.312. The highest BCUT2D eigenvalue weighted by atomic mass is 16.5. The summed E-state index contributed by atoms with van der Waals surface area (Å²) in [5.74, 6) is 1.96. The van der Waals surface area contributed by atoms with Gasteiger partial charge in [-0.3, -0.25) is 9.78 Å². The summed E-state index contributed by atoms with van der Waals surface area (Å²) < 4.78 is 10.5. The Hall–Kier alpha value is -1.58. The van der Waals surface area contributed by atoms with Gasteiger partial charge in [0, 0.05) is 31.0 Å². The van der Waals surface area contributed by atoms with Gasteiger partial charge in [0.2, 0.25) is 0 Å². The molecule has 0 unspecified atom stereocenters. The summed E-state index contributed by atoms with van der Waals surface area (Å²) >= 11 is 0. The van der Waals surface area contributed by atoms with E-state index in [2.05, 4.69) is 4.98 Å². The predicted octanol–water partition coefficient (Wildman–Crippen LogP) is 2.01. The van der Waals surface area contributed by atoms with Gasteiger partial charge in [-0.2, -0.15) is 0 Å². The van der Waals surface area contributed by atoms with E-state index in [-0.39, 0.29) is 0 Å². The summed E-state index contributed by atoms with van der Waals surface area (Å²) in [5.41, 5.74) is 0.792. The summed E-state index contributed by atoms with van der Waals surface area (Å²) in [4.78, 5) is 15.9. The van der Waals surface area contributed by atoms with Gasteiger partial charge in [0.25, 0.3) is 0 Å². The smallest absolute Gasteiger partial charge is 0.182 e. The van der Waals surface area contributed by atoms with Crippen molar-refractivity contribution in [3.63, 3.8) is 0 Å². The van der Waals surface area contributed by atoms with E-state index < -0.39 is 0 Å². The SMILES string of the molecule is COc1ccnc(CCC(=O)C2CC2)c1OC. The van der Waals surface area contributed by atoms with Gasteiger partial charge in [-0.15, -0.1) is 0 Å². The third kappa shape index (κ3) is 2.75. The number of Topliss-reactive ketones (excluding diaryl/α,β-unsaturated/α-hetero) is 1. The second kappa shape index (κ2) is 5.17. The molecule has 0 saturated heterocycles. The van der Waals surface area contributed by atoms with Crippen molar-refractivity contribution in [2.45, 2.75) is 25.7 Å². The Morgan fingerprint density at radius 2 is 2.18 bits per heavy atom. The molecule has 0 bridgehead atoms. The van der Waals surface area contributed by atoms with E-state index in [0.29, 0.717) is 36.0 Å². The first kappa shape index (κ1) is 11.9. The molecule has 1 fully saturated rings. The predicted molar refractivity (Wildman–Crippen MR) is 63.4 cm³/mol. The molecule has 0 atom stereocenters. The van der Waals surface area contributed by atoms with Crippen LogP contribution < -0.4 is 9.47 Å². The van der Waals surface area contributed by atoms with E-state index in [0.717, 1.165) is 18.5 Å². The number of carbonyl (C=O) groups excluding carboxylic acids is 1. The fourth-order valence-corrected chi connectivity index (χ4v) is 1.88. The maximum Gasteiger partial charge on any atom is 0.182 e. The lowest BCUT2D eigenvalue weighted by atomic mass is 10.1. The van der Waals surface area contributed by atoms with Crippen molar-refractivity contribution >= 4 is 5.78 Å². The van der Waals surface area contributed by atoms with Crippen LogP contribution in [0, 0.1) is 5.92 Å². The second-order valence-electron chi connectivity index (χ2n) is 4.23. The fourth-order valence-electron chi connectivity index (χ4n) is 1.88. The molecule has 0 N–H and O–H groups in total. The number of pyridine rings is 1. The standard InChI is InChI=1S/C13H17NO3/c1-16-12-7-8-14-10(13(12)17-2)5-6-11(15)9-3-4-9/h7-9H,3-6H2,1-2H3. The summed E-state index contributed by atoms with van der Waals surface area (Å²) in [7, 11) is 3.18.